The van der Waals surface area contributed by atoms with Gasteiger partial charge in [-0.3, -0.25) is 4.79 Å². The van der Waals surface area contributed by atoms with E-state index in [1.54, 1.807) is 12.7 Å². The number of rotatable bonds is 5. The van der Waals surface area contributed by atoms with Crippen LogP contribution in [0.3, 0.4) is 0 Å². The molecule has 190 valence electrons. The molecule has 0 aliphatic heterocycles. The Kier molecular flexibility index (Phi) is 7.48. The molecule has 0 spiro atoms. The maximum Gasteiger partial charge on any atom is 0.170 e. The highest BCUT2D eigenvalue weighted by Gasteiger charge is 2.63. The number of methoxy groups -OCH3 is 2. The number of hydrogen-bond donors (Lipinski definition) is 1. The van der Waals surface area contributed by atoms with Crippen LogP contribution in [-0.4, -0.2) is 43.6 Å². The molecule has 0 radical (unpaired) electrons. The smallest absolute Gasteiger partial charge is 0.170 e. The first-order valence-corrected chi connectivity index (χ1v) is 13.1. The van der Waals surface area contributed by atoms with E-state index < -0.39 is 0 Å². The van der Waals surface area contributed by atoms with Crippen LogP contribution in [0.25, 0.3) is 0 Å². The topological polar surface area (TPSA) is 68.1 Å². The van der Waals surface area contributed by atoms with Gasteiger partial charge in [-0.1, -0.05) is 49.3 Å². The third kappa shape index (κ3) is 3.96. The quantitative estimate of drug-likeness (QED) is 0.252. The Morgan fingerprint density at radius 3 is 2.54 bits per heavy atom. The van der Waals surface area contributed by atoms with E-state index in [0.29, 0.717) is 24.9 Å². The highest BCUT2D eigenvalue weighted by atomic mass is 79.9. The van der Waals surface area contributed by atoms with Gasteiger partial charge >= 0.3 is 0 Å². The van der Waals surface area contributed by atoms with Gasteiger partial charge < -0.3 is 14.7 Å². The van der Waals surface area contributed by atoms with E-state index in [4.69, 9.17) is 14.7 Å². The summed E-state index contributed by atoms with van der Waals surface area (Å²) < 4.78 is 12.9. The van der Waals surface area contributed by atoms with Crippen molar-refractivity contribution in [3.05, 3.63) is 56.6 Å². The molecule has 0 amide bonds. The Morgan fingerprint density at radius 2 is 1.89 bits per heavy atom. The molecule has 5 nitrogen and oxygen atoms in total. The third-order valence-electron chi connectivity index (χ3n) is 9.45. The zero-order valence-electron chi connectivity index (χ0n) is 20.3. The van der Waals surface area contributed by atoms with Crippen LogP contribution in [0.5, 0.6) is 0 Å². The van der Waals surface area contributed by atoms with Gasteiger partial charge in [0, 0.05) is 32.0 Å². The Balaban J connectivity index is 0.00000289. The number of oxime groups is 1. The van der Waals surface area contributed by atoms with Crippen molar-refractivity contribution in [3.63, 3.8) is 0 Å². The fourth-order valence-electron chi connectivity index (χ4n) is 7.83. The second kappa shape index (κ2) is 9.95. The highest BCUT2D eigenvalue weighted by Crippen LogP contribution is 2.67. The molecule has 0 heterocycles. The van der Waals surface area contributed by atoms with E-state index in [1.807, 2.05) is 19.2 Å². The minimum atomic E-state index is -0.288. The molecule has 35 heavy (non-hydrogen) atoms. The average molecular weight is 545 g/mol. The first-order chi connectivity index (χ1) is 16.4. The van der Waals surface area contributed by atoms with Gasteiger partial charge in [0.25, 0.3) is 0 Å². The summed E-state index contributed by atoms with van der Waals surface area (Å²) in [5, 5.41) is 12.1. The van der Waals surface area contributed by atoms with Gasteiger partial charge in [0.05, 0.1) is 22.9 Å². The Hall–Kier alpha value is -1.76. The molecule has 2 fully saturated rings. The lowest BCUT2D eigenvalue weighted by Gasteiger charge is -2.55. The van der Waals surface area contributed by atoms with Crippen LogP contribution in [0.1, 0.15) is 76.3 Å². The molecule has 0 aromatic heterocycles. The number of nitrogens with zero attached hydrogens (tertiary/aromatic N) is 1. The molecule has 5 atom stereocenters. The molecule has 5 rings (SSSR count). The third-order valence-corrected chi connectivity index (χ3v) is 10.4. The normalized spacial score (nSPS) is 34.5. The van der Waals surface area contributed by atoms with Crippen molar-refractivity contribution >= 4 is 27.9 Å². The van der Waals surface area contributed by atoms with Crippen LogP contribution < -0.4 is 0 Å². The van der Waals surface area contributed by atoms with Crippen molar-refractivity contribution in [1.82, 2.24) is 0 Å². The van der Waals surface area contributed by atoms with Crippen molar-refractivity contribution in [2.24, 2.45) is 22.4 Å². The highest BCUT2D eigenvalue weighted by molar-refractivity contribution is 9.12. The molecular weight excluding hydrogens is 506 g/mol. The number of carbonyl (C=O) groups is 1. The molecule has 0 saturated heterocycles. The van der Waals surface area contributed by atoms with Crippen LogP contribution in [0.4, 0.5) is 0 Å². The second-order valence-corrected chi connectivity index (χ2v) is 11.4. The number of hydrogen-bond acceptors (Lipinski definition) is 5. The van der Waals surface area contributed by atoms with E-state index in [0.717, 1.165) is 48.6 Å². The monoisotopic (exact) mass is 543 g/mol. The zero-order valence-corrected chi connectivity index (χ0v) is 21.9. The first kappa shape index (κ1) is 26.3. The van der Waals surface area contributed by atoms with E-state index in [2.05, 4.69) is 40.1 Å². The molecule has 1 aromatic carbocycles. The van der Waals surface area contributed by atoms with Crippen LogP contribution in [0.2, 0.25) is 0 Å². The summed E-state index contributed by atoms with van der Waals surface area (Å²) in [6.45, 7) is 3.04. The van der Waals surface area contributed by atoms with Gasteiger partial charge in [-0.25, -0.2) is 0 Å². The maximum atomic E-state index is 12.5. The number of halogens is 1. The molecule has 4 aliphatic carbocycles. The van der Waals surface area contributed by atoms with Gasteiger partial charge in [0.2, 0.25) is 0 Å². The van der Waals surface area contributed by atoms with Crippen LogP contribution in [-0.2, 0) is 14.3 Å². The van der Waals surface area contributed by atoms with Gasteiger partial charge in [-0.05, 0) is 88.6 Å². The van der Waals surface area contributed by atoms with Gasteiger partial charge in [-0.15, -0.1) is 0 Å². The molecule has 1 aromatic rings. The Morgan fingerprint density at radius 1 is 1.14 bits per heavy atom. The Bertz CT molecular complexity index is 1070. The number of benzene rings is 1. The van der Waals surface area contributed by atoms with E-state index in [1.165, 1.54) is 22.9 Å². The summed E-state index contributed by atoms with van der Waals surface area (Å²) in [4.78, 5) is 12.5. The minimum absolute atomic E-state index is 0. The van der Waals surface area contributed by atoms with Crippen LogP contribution >= 0.6 is 15.9 Å². The number of fused-ring (bicyclic) bond motifs is 4. The molecule has 6 heteroatoms. The van der Waals surface area contributed by atoms with E-state index >= 15 is 0 Å². The number of carbonyl (C=O) groups excluding carboxylic acids is 1. The predicted molar refractivity (Wildman–Crippen MR) is 142 cm³/mol. The fourth-order valence-corrected chi connectivity index (χ4v) is 8.47. The summed E-state index contributed by atoms with van der Waals surface area (Å²) in [5.74, 6) is 1.53. The standard InChI is InChI=1S/C28H34BrNO4.CH4/c1-27-14-22(18-6-4-17(5-7-18)15-30-32)25-19-10-11-24(31)26(29)20(19)8-9-21(25)23(27)12-13-28(27,34-3)16-33-2;/h4-7,15,21-23,32H,8-14,16H2,1-3H3;1H4/b30-15+;/t21-,22+,23-,27-,28+;/m0./s1. The molecular formula is C29H38BrNO4. The lowest BCUT2D eigenvalue weighted by atomic mass is 9.51. The summed E-state index contributed by atoms with van der Waals surface area (Å²) in [6, 6.07) is 8.40. The van der Waals surface area contributed by atoms with Crippen molar-refractivity contribution in [2.45, 2.75) is 70.8 Å². The van der Waals surface area contributed by atoms with Gasteiger partial charge in [0.1, 0.15) is 0 Å². The number of allylic oxidation sites excluding steroid dienone is 4. The number of Topliss-reactive ketones (excluding diaryl/α,β-unsaturated/α-hetero) is 1. The van der Waals surface area contributed by atoms with E-state index in [9.17, 15) is 4.79 Å². The van der Waals surface area contributed by atoms with Crippen LogP contribution in [0.15, 0.2) is 50.6 Å². The molecule has 0 bridgehead atoms. The molecule has 4 aliphatic rings. The SMILES string of the molecule is C.COC[C@]1(OC)CC[C@H]2[C@@H]3CCC4=C(Br)C(=O)CCC4=C3[C@@H](c3ccc(/C=N/O)cc3)C[C@@]21C. The average Bonchev–Trinajstić information content (AvgIpc) is 3.14. The summed E-state index contributed by atoms with van der Waals surface area (Å²) in [5.41, 5.74) is 6.09. The lowest BCUT2D eigenvalue weighted by molar-refractivity contribution is -0.149. The fraction of sp³-hybridized carbons (Fsp3) is 0.586. The first-order valence-electron chi connectivity index (χ1n) is 12.4. The number of ketones is 1. The molecule has 2 saturated carbocycles. The Labute approximate surface area is 217 Å². The van der Waals surface area contributed by atoms with Crippen molar-refractivity contribution < 1.29 is 19.5 Å². The second-order valence-electron chi connectivity index (χ2n) is 10.7. The van der Waals surface area contributed by atoms with Gasteiger partial charge in [-0.2, -0.15) is 0 Å². The van der Waals surface area contributed by atoms with Crippen molar-refractivity contribution in [2.75, 3.05) is 20.8 Å². The zero-order chi connectivity index (χ0) is 24.1. The lowest BCUT2D eigenvalue weighted by Crippen LogP contribution is -2.54. The van der Waals surface area contributed by atoms with Gasteiger partial charge in [0.15, 0.2) is 5.78 Å². The van der Waals surface area contributed by atoms with E-state index in [-0.39, 0.29) is 30.1 Å². The summed E-state index contributed by atoms with van der Waals surface area (Å²) >= 11 is 3.65. The summed E-state index contributed by atoms with van der Waals surface area (Å²) in [6.07, 6.45) is 8.09. The maximum absolute atomic E-state index is 12.5. The van der Waals surface area contributed by atoms with Crippen molar-refractivity contribution in [3.8, 4) is 0 Å². The minimum Gasteiger partial charge on any atom is -0.411 e. The number of ether oxygens (including phenoxy) is 2. The van der Waals surface area contributed by atoms with Crippen molar-refractivity contribution in [1.29, 1.82) is 0 Å². The van der Waals surface area contributed by atoms with Crippen LogP contribution in [0, 0.1) is 17.3 Å². The molecule has 1 N–H and O–H groups in total. The summed E-state index contributed by atoms with van der Waals surface area (Å²) in [7, 11) is 3.63. The molecule has 0 unspecified atom stereocenters. The largest absolute Gasteiger partial charge is 0.411 e. The predicted octanol–water partition coefficient (Wildman–Crippen LogP) is 6.78.